The predicted molar refractivity (Wildman–Crippen MR) is 92.2 cm³/mol. The molecular formula is C19H27NO4. The molecule has 2 rings (SSSR count). The van der Waals surface area contributed by atoms with Crippen LogP contribution in [0.25, 0.3) is 0 Å². The van der Waals surface area contributed by atoms with Gasteiger partial charge in [-0.15, -0.1) is 0 Å². The van der Waals surface area contributed by atoms with Crippen LogP contribution in [0.4, 0.5) is 0 Å². The zero-order valence-corrected chi connectivity index (χ0v) is 14.3. The van der Waals surface area contributed by atoms with Crippen molar-refractivity contribution in [2.24, 2.45) is 5.92 Å². The maximum Gasteiger partial charge on any atom is 0.339 e. The van der Waals surface area contributed by atoms with Gasteiger partial charge in [0.2, 0.25) is 5.91 Å². The molecule has 1 fully saturated rings. The van der Waals surface area contributed by atoms with Crippen LogP contribution in [0.3, 0.4) is 0 Å². The van der Waals surface area contributed by atoms with Crippen molar-refractivity contribution in [2.75, 3.05) is 13.1 Å². The van der Waals surface area contributed by atoms with E-state index in [-0.39, 0.29) is 17.2 Å². The highest BCUT2D eigenvalue weighted by atomic mass is 16.4. The minimum absolute atomic E-state index is 0.00388. The number of aromatic hydroxyl groups is 1. The minimum Gasteiger partial charge on any atom is -0.507 e. The molecular weight excluding hydrogens is 306 g/mol. The summed E-state index contributed by atoms with van der Waals surface area (Å²) in [5.74, 6) is -0.637. The number of hydrogen-bond donors (Lipinski definition) is 2. The summed E-state index contributed by atoms with van der Waals surface area (Å²) in [4.78, 5) is 25.3. The first-order valence-corrected chi connectivity index (χ1v) is 8.84. The SMILES string of the molecule is CCCCCN1CC(CCc2cccc(O)c2C(=O)O)CCC1=O. The average Bonchev–Trinajstić information content (AvgIpc) is 2.55. The predicted octanol–water partition coefficient (Wildman–Crippen LogP) is 3.45. The summed E-state index contributed by atoms with van der Waals surface area (Å²) in [6, 6.07) is 4.84. The highest BCUT2D eigenvalue weighted by Crippen LogP contribution is 2.26. The quantitative estimate of drug-likeness (QED) is 0.714. The van der Waals surface area contributed by atoms with Gasteiger partial charge in [0.25, 0.3) is 0 Å². The maximum atomic E-state index is 12.0. The lowest BCUT2D eigenvalue weighted by molar-refractivity contribution is -0.134. The molecule has 24 heavy (non-hydrogen) atoms. The summed E-state index contributed by atoms with van der Waals surface area (Å²) in [7, 11) is 0. The molecule has 1 heterocycles. The van der Waals surface area contributed by atoms with Gasteiger partial charge in [-0.25, -0.2) is 4.79 Å². The van der Waals surface area contributed by atoms with E-state index in [9.17, 15) is 19.8 Å². The molecule has 1 aliphatic heterocycles. The third-order valence-corrected chi connectivity index (χ3v) is 4.79. The number of rotatable bonds is 8. The number of piperidine rings is 1. The van der Waals surface area contributed by atoms with Crippen LogP contribution >= 0.6 is 0 Å². The average molecular weight is 333 g/mol. The topological polar surface area (TPSA) is 77.8 Å². The van der Waals surface area contributed by atoms with Gasteiger partial charge in [0.05, 0.1) is 0 Å². The Hall–Kier alpha value is -2.04. The zero-order chi connectivity index (χ0) is 17.5. The van der Waals surface area contributed by atoms with E-state index >= 15 is 0 Å². The van der Waals surface area contributed by atoms with Crippen LogP contribution in [0.15, 0.2) is 18.2 Å². The normalized spacial score (nSPS) is 18.0. The number of aryl methyl sites for hydroxylation is 1. The molecule has 1 aromatic carbocycles. The number of unbranched alkanes of at least 4 members (excludes halogenated alkanes) is 2. The molecule has 1 aliphatic rings. The Labute approximate surface area is 143 Å². The van der Waals surface area contributed by atoms with E-state index in [2.05, 4.69) is 6.92 Å². The molecule has 0 saturated carbocycles. The van der Waals surface area contributed by atoms with E-state index in [1.54, 1.807) is 12.1 Å². The summed E-state index contributed by atoms with van der Waals surface area (Å²) in [6.45, 7) is 3.75. The monoisotopic (exact) mass is 333 g/mol. The number of nitrogens with zero attached hydrogens (tertiary/aromatic N) is 1. The van der Waals surface area contributed by atoms with E-state index in [1.165, 1.54) is 6.07 Å². The zero-order valence-electron chi connectivity index (χ0n) is 14.3. The van der Waals surface area contributed by atoms with Crippen molar-refractivity contribution in [3.63, 3.8) is 0 Å². The van der Waals surface area contributed by atoms with Gasteiger partial charge in [-0.1, -0.05) is 31.9 Å². The van der Waals surface area contributed by atoms with Gasteiger partial charge in [0.15, 0.2) is 0 Å². The number of amides is 1. The van der Waals surface area contributed by atoms with Gasteiger partial charge in [-0.2, -0.15) is 0 Å². The molecule has 5 heteroatoms. The van der Waals surface area contributed by atoms with Gasteiger partial charge >= 0.3 is 5.97 Å². The largest absolute Gasteiger partial charge is 0.507 e. The Bertz CT molecular complexity index is 585. The Kier molecular flexibility index (Phi) is 6.64. The molecule has 5 nitrogen and oxygen atoms in total. The van der Waals surface area contributed by atoms with Crippen LogP contribution in [0.5, 0.6) is 5.75 Å². The summed E-state index contributed by atoms with van der Waals surface area (Å²) < 4.78 is 0. The van der Waals surface area contributed by atoms with Gasteiger partial charge in [-0.3, -0.25) is 4.79 Å². The van der Waals surface area contributed by atoms with E-state index < -0.39 is 5.97 Å². The summed E-state index contributed by atoms with van der Waals surface area (Å²) in [6.07, 6.45) is 6.22. The third-order valence-electron chi connectivity index (χ3n) is 4.79. The van der Waals surface area contributed by atoms with E-state index in [0.717, 1.165) is 45.2 Å². The number of carbonyl (C=O) groups excluding carboxylic acids is 1. The van der Waals surface area contributed by atoms with Crippen molar-refractivity contribution >= 4 is 11.9 Å². The van der Waals surface area contributed by atoms with Crippen LogP contribution in [0.1, 0.15) is 61.4 Å². The van der Waals surface area contributed by atoms with Gasteiger partial charge in [-0.05, 0) is 43.2 Å². The molecule has 1 atom stereocenters. The molecule has 1 unspecified atom stereocenters. The first-order valence-electron chi connectivity index (χ1n) is 8.84. The molecule has 0 radical (unpaired) electrons. The molecule has 0 aliphatic carbocycles. The molecule has 1 amide bonds. The Morgan fingerprint density at radius 3 is 2.83 bits per heavy atom. The molecule has 1 saturated heterocycles. The summed E-state index contributed by atoms with van der Waals surface area (Å²) >= 11 is 0. The molecule has 0 bridgehead atoms. The van der Waals surface area contributed by atoms with Crippen LogP contribution in [0, 0.1) is 5.92 Å². The fraction of sp³-hybridized carbons (Fsp3) is 0.579. The van der Waals surface area contributed by atoms with Crippen molar-refractivity contribution in [1.82, 2.24) is 4.90 Å². The lowest BCUT2D eigenvalue weighted by Gasteiger charge is -2.33. The van der Waals surface area contributed by atoms with Crippen molar-refractivity contribution in [1.29, 1.82) is 0 Å². The van der Waals surface area contributed by atoms with Crippen molar-refractivity contribution < 1.29 is 19.8 Å². The molecule has 132 valence electrons. The second-order valence-corrected chi connectivity index (χ2v) is 6.61. The number of phenols is 1. The summed E-state index contributed by atoms with van der Waals surface area (Å²) in [5.41, 5.74) is 0.668. The van der Waals surface area contributed by atoms with Gasteiger partial charge < -0.3 is 15.1 Å². The van der Waals surface area contributed by atoms with E-state index in [4.69, 9.17) is 0 Å². The highest BCUT2D eigenvalue weighted by molar-refractivity contribution is 5.92. The lowest BCUT2D eigenvalue weighted by atomic mass is 9.90. The number of hydrogen-bond acceptors (Lipinski definition) is 3. The van der Waals surface area contributed by atoms with Crippen molar-refractivity contribution in [3.05, 3.63) is 29.3 Å². The molecule has 2 N–H and O–H groups in total. The number of carboxylic acid groups (broad SMARTS) is 1. The van der Waals surface area contributed by atoms with Crippen LogP contribution in [-0.4, -0.2) is 40.1 Å². The number of carboxylic acids is 1. The lowest BCUT2D eigenvalue weighted by Crippen LogP contribution is -2.40. The first-order chi connectivity index (χ1) is 11.5. The summed E-state index contributed by atoms with van der Waals surface area (Å²) in [5, 5.41) is 19.0. The molecule has 1 aromatic rings. The Morgan fingerprint density at radius 1 is 1.33 bits per heavy atom. The number of aromatic carboxylic acids is 1. The van der Waals surface area contributed by atoms with Crippen LogP contribution in [-0.2, 0) is 11.2 Å². The van der Waals surface area contributed by atoms with Gasteiger partial charge in [0.1, 0.15) is 11.3 Å². The number of carbonyl (C=O) groups is 2. The van der Waals surface area contributed by atoms with E-state index in [1.807, 2.05) is 4.90 Å². The second-order valence-electron chi connectivity index (χ2n) is 6.61. The van der Waals surface area contributed by atoms with Crippen LogP contribution < -0.4 is 0 Å². The fourth-order valence-corrected chi connectivity index (χ4v) is 3.40. The van der Waals surface area contributed by atoms with E-state index in [0.29, 0.717) is 24.3 Å². The van der Waals surface area contributed by atoms with Crippen LogP contribution in [0.2, 0.25) is 0 Å². The highest BCUT2D eigenvalue weighted by Gasteiger charge is 2.25. The first kappa shape index (κ1) is 18.3. The van der Waals surface area contributed by atoms with Gasteiger partial charge in [0, 0.05) is 19.5 Å². The maximum absolute atomic E-state index is 12.0. The second kappa shape index (κ2) is 8.71. The van der Waals surface area contributed by atoms with Crippen molar-refractivity contribution in [3.8, 4) is 5.75 Å². The smallest absolute Gasteiger partial charge is 0.339 e. The molecule has 0 aromatic heterocycles. The minimum atomic E-state index is -1.09. The number of benzene rings is 1. The third kappa shape index (κ3) is 4.73. The number of likely N-dealkylation sites (tertiary alicyclic amines) is 1. The fourth-order valence-electron chi connectivity index (χ4n) is 3.40. The standard InChI is InChI=1S/C19H27NO4/c1-2-3-4-12-20-13-14(9-11-17(20)22)8-10-15-6-5-7-16(21)18(15)19(23)24/h5-7,14,21H,2-4,8-13H2,1H3,(H,23,24). The van der Waals surface area contributed by atoms with Crippen molar-refractivity contribution in [2.45, 2.75) is 51.9 Å². The Morgan fingerprint density at radius 2 is 2.12 bits per heavy atom. The Balaban J connectivity index is 1.94. The molecule has 0 spiro atoms.